The molecule has 0 aromatic rings. The van der Waals surface area contributed by atoms with Crippen molar-refractivity contribution in [1.29, 1.82) is 0 Å². The first-order valence-corrected chi connectivity index (χ1v) is 10.6. The normalized spacial score (nSPS) is 34.2. The molecule has 1 spiro atoms. The summed E-state index contributed by atoms with van der Waals surface area (Å²) in [6, 6.07) is 0.761. The molecular weight excluding hydrogens is 310 g/mol. The maximum atomic E-state index is 6.47. The predicted octanol–water partition coefficient (Wildman–Crippen LogP) is 5.16. The zero-order valence-electron chi connectivity index (χ0n) is 16.8. The first-order valence-electron chi connectivity index (χ1n) is 10.6. The van der Waals surface area contributed by atoms with Gasteiger partial charge in [0.25, 0.3) is 0 Å². The molecule has 1 aliphatic heterocycles. The molecule has 0 bridgehead atoms. The van der Waals surface area contributed by atoms with Gasteiger partial charge in [0.1, 0.15) is 0 Å². The third-order valence-corrected chi connectivity index (χ3v) is 6.83. The van der Waals surface area contributed by atoms with Crippen LogP contribution in [0, 0.1) is 11.3 Å². The molecule has 3 heteroatoms. The fourth-order valence-corrected chi connectivity index (χ4v) is 5.11. The average molecular weight is 350 g/mol. The van der Waals surface area contributed by atoms with Crippen molar-refractivity contribution in [2.24, 2.45) is 11.3 Å². The van der Waals surface area contributed by atoms with Crippen molar-refractivity contribution in [3.8, 4) is 0 Å². The lowest BCUT2D eigenvalue weighted by Gasteiger charge is -2.41. The Bertz CT molecular complexity index is 428. The molecule has 144 valence electrons. The summed E-state index contributed by atoms with van der Waals surface area (Å²) in [4.78, 5) is 2.62. The minimum Gasteiger partial charge on any atom is -0.347 e. The Morgan fingerprint density at radius 2 is 1.80 bits per heavy atom. The van der Waals surface area contributed by atoms with Crippen molar-refractivity contribution in [1.82, 2.24) is 4.90 Å². The van der Waals surface area contributed by atoms with Gasteiger partial charge in [-0.05, 0) is 43.4 Å². The summed E-state index contributed by atoms with van der Waals surface area (Å²) in [5.41, 5.74) is 0.409. The number of ether oxygens (including phenoxy) is 2. The van der Waals surface area contributed by atoms with Gasteiger partial charge in [-0.1, -0.05) is 39.7 Å². The van der Waals surface area contributed by atoms with Crippen LogP contribution >= 0.6 is 0 Å². The van der Waals surface area contributed by atoms with Crippen LogP contribution in [0.5, 0.6) is 0 Å². The van der Waals surface area contributed by atoms with E-state index in [0.717, 1.165) is 50.9 Å². The Balaban J connectivity index is 1.45. The molecule has 3 rings (SSSR count). The van der Waals surface area contributed by atoms with E-state index < -0.39 is 0 Å². The standard InChI is InChI=1S/C22H39NO2/c1-5-15-23(19-8-6-7-9-19)16-12-20-17-24-22(25-20)13-10-18(11-14-22)21(2,3)4/h5,18-20H,1,6-17H2,2-4H3. The molecule has 2 aliphatic carbocycles. The highest BCUT2D eigenvalue weighted by atomic mass is 16.7. The molecule has 1 unspecified atom stereocenters. The van der Waals surface area contributed by atoms with Crippen molar-refractivity contribution >= 4 is 0 Å². The van der Waals surface area contributed by atoms with Gasteiger partial charge >= 0.3 is 0 Å². The van der Waals surface area contributed by atoms with Crippen molar-refractivity contribution in [2.45, 2.75) is 96.5 Å². The highest BCUT2D eigenvalue weighted by Crippen LogP contribution is 2.45. The first-order chi connectivity index (χ1) is 11.9. The van der Waals surface area contributed by atoms with E-state index in [9.17, 15) is 0 Å². The van der Waals surface area contributed by atoms with Gasteiger partial charge in [0, 0.05) is 32.0 Å². The molecule has 0 aromatic heterocycles. The van der Waals surface area contributed by atoms with Crippen molar-refractivity contribution in [3.05, 3.63) is 12.7 Å². The number of hydrogen-bond acceptors (Lipinski definition) is 3. The molecule has 25 heavy (non-hydrogen) atoms. The highest BCUT2D eigenvalue weighted by molar-refractivity contribution is 4.89. The summed E-state index contributed by atoms with van der Waals surface area (Å²) < 4.78 is 12.7. The monoisotopic (exact) mass is 349 g/mol. The summed E-state index contributed by atoms with van der Waals surface area (Å²) in [6.07, 6.45) is 13.5. The lowest BCUT2D eigenvalue weighted by atomic mass is 9.71. The van der Waals surface area contributed by atoms with Crippen LogP contribution < -0.4 is 0 Å². The van der Waals surface area contributed by atoms with Crippen molar-refractivity contribution in [3.63, 3.8) is 0 Å². The van der Waals surface area contributed by atoms with Crippen LogP contribution in [0.15, 0.2) is 12.7 Å². The van der Waals surface area contributed by atoms with Gasteiger partial charge in [-0.15, -0.1) is 6.58 Å². The van der Waals surface area contributed by atoms with Crippen LogP contribution in [0.1, 0.15) is 78.6 Å². The lowest BCUT2D eigenvalue weighted by Crippen LogP contribution is -2.39. The second-order valence-corrected chi connectivity index (χ2v) is 9.61. The Kier molecular flexibility index (Phi) is 6.28. The van der Waals surface area contributed by atoms with E-state index >= 15 is 0 Å². The SMILES string of the molecule is C=CCN(CCC1COC2(CCC(C(C)(C)C)CC2)O1)C1CCCC1. The second kappa shape index (κ2) is 8.10. The van der Waals surface area contributed by atoms with E-state index in [1.165, 1.54) is 38.5 Å². The molecule has 3 aliphatic rings. The van der Waals surface area contributed by atoms with E-state index in [0.29, 0.717) is 5.41 Å². The Morgan fingerprint density at radius 1 is 1.12 bits per heavy atom. The topological polar surface area (TPSA) is 21.7 Å². The third kappa shape index (κ3) is 4.87. The van der Waals surface area contributed by atoms with Crippen LogP contribution in [0.2, 0.25) is 0 Å². The molecule has 3 nitrogen and oxygen atoms in total. The number of rotatable bonds is 6. The Morgan fingerprint density at radius 3 is 2.40 bits per heavy atom. The van der Waals surface area contributed by atoms with Crippen LogP contribution in [0.4, 0.5) is 0 Å². The first kappa shape index (κ1) is 19.4. The summed E-state index contributed by atoms with van der Waals surface area (Å²) in [5, 5.41) is 0. The maximum Gasteiger partial charge on any atom is 0.168 e. The average Bonchev–Trinajstić information content (AvgIpc) is 3.22. The van der Waals surface area contributed by atoms with Crippen LogP contribution in [0.3, 0.4) is 0 Å². The molecule has 0 amide bonds. The quantitative estimate of drug-likeness (QED) is 0.619. The molecule has 1 atom stereocenters. The Hall–Kier alpha value is -0.380. The summed E-state index contributed by atoms with van der Waals surface area (Å²) in [5.74, 6) is 0.540. The molecule has 2 saturated carbocycles. The molecule has 0 N–H and O–H groups in total. The molecule has 0 aromatic carbocycles. The predicted molar refractivity (Wildman–Crippen MR) is 104 cm³/mol. The molecule has 0 radical (unpaired) electrons. The van der Waals surface area contributed by atoms with Crippen molar-refractivity contribution in [2.75, 3.05) is 19.7 Å². The summed E-state index contributed by atoms with van der Waals surface area (Å²) in [6.45, 7) is 14.0. The van der Waals surface area contributed by atoms with Gasteiger partial charge in [-0.2, -0.15) is 0 Å². The van der Waals surface area contributed by atoms with Crippen molar-refractivity contribution < 1.29 is 9.47 Å². The zero-order valence-corrected chi connectivity index (χ0v) is 16.8. The van der Waals surface area contributed by atoms with E-state index in [2.05, 4.69) is 38.3 Å². The molecule has 3 fully saturated rings. The number of hydrogen-bond donors (Lipinski definition) is 0. The molecule has 1 saturated heterocycles. The van der Waals surface area contributed by atoms with Gasteiger partial charge < -0.3 is 9.47 Å². The van der Waals surface area contributed by atoms with E-state index in [1.54, 1.807) is 0 Å². The van der Waals surface area contributed by atoms with Crippen LogP contribution in [0.25, 0.3) is 0 Å². The van der Waals surface area contributed by atoms with Gasteiger partial charge in [0.05, 0.1) is 12.7 Å². The van der Waals surface area contributed by atoms with Gasteiger partial charge in [0.15, 0.2) is 5.79 Å². The highest BCUT2D eigenvalue weighted by Gasteiger charge is 2.45. The van der Waals surface area contributed by atoms with E-state index in [-0.39, 0.29) is 11.9 Å². The van der Waals surface area contributed by atoms with Gasteiger partial charge in [-0.25, -0.2) is 0 Å². The summed E-state index contributed by atoms with van der Waals surface area (Å²) in [7, 11) is 0. The second-order valence-electron chi connectivity index (χ2n) is 9.61. The van der Waals surface area contributed by atoms with E-state index in [1.807, 2.05) is 0 Å². The Labute approximate surface area is 155 Å². The van der Waals surface area contributed by atoms with E-state index in [4.69, 9.17) is 9.47 Å². The lowest BCUT2D eigenvalue weighted by molar-refractivity contribution is -0.197. The maximum absolute atomic E-state index is 6.47. The third-order valence-electron chi connectivity index (χ3n) is 6.83. The zero-order chi connectivity index (χ0) is 17.9. The van der Waals surface area contributed by atoms with Gasteiger partial charge in [0.2, 0.25) is 0 Å². The van der Waals surface area contributed by atoms with Gasteiger partial charge in [-0.3, -0.25) is 4.90 Å². The molecule has 1 heterocycles. The van der Waals surface area contributed by atoms with Crippen LogP contribution in [-0.4, -0.2) is 42.5 Å². The fraction of sp³-hybridized carbons (Fsp3) is 0.909. The summed E-state index contributed by atoms with van der Waals surface area (Å²) >= 11 is 0. The molecular formula is C22H39NO2. The number of nitrogens with zero attached hydrogens (tertiary/aromatic N) is 1. The smallest absolute Gasteiger partial charge is 0.168 e. The minimum absolute atomic E-state index is 0.261. The fourth-order valence-electron chi connectivity index (χ4n) is 5.11. The largest absolute Gasteiger partial charge is 0.347 e. The minimum atomic E-state index is -0.261. The van der Waals surface area contributed by atoms with Crippen LogP contribution in [-0.2, 0) is 9.47 Å².